The van der Waals surface area contributed by atoms with Crippen LogP contribution in [0.3, 0.4) is 0 Å². The van der Waals surface area contributed by atoms with Crippen LogP contribution in [-0.2, 0) is 14.8 Å². The second-order valence-corrected chi connectivity index (χ2v) is 4.97. The van der Waals surface area contributed by atoms with Crippen molar-refractivity contribution in [2.24, 2.45) is 5.92 Å². The van der Waals surface area contributed by atoms with Crippen molar-refractivity contribution in [3.63, 3.8) is 0 Å². The largest absolute Gasteiger partial charge is 0.385 e. The first-order valence-electron chi connectivity index (χ1n) is 4.37. The van der Waals surface area contributed by atoms with Crippen LogP contribution >= 0.6 is 0 Å². The van der Waals surface area contributed by atoms with Gasteiger partial charge in [0.15, 0.2) is 0 Å². The first kappa shape index (κ1) is 13.4. The molecule has 5 nitrogen and oxygen atoms in total. The van der Waals surface area contributed by atoms with E-state index >= 15 is 0 Å². The molecule has 14 heavy (non-hydrogen) atoms. The number of ether oxygens (including phenoxy) is 1. The maximum absolute atomic E-state index is 11.2. The van der Waals surface area contributed by atoms with Crippen LogP contribution in [-0.4, -0.2) is 34.4 Å². The highest BCUT2D eigenvalue weighted by Crippen LogP contribution is 1.94. The van der Waals surface area contributed by atoms with Crippen molar-refractivity contribution in [1.29, 1.82) is 5.26 Å². The number of nitrogens with one attached hydrogen (secondary N) is 1. The van der Waals surface area contributed by atoms with Crippen molar-refractivity contribution >= 4 is 10.0 Å². The topological polar surface area (TPSA) is 79.2 Å². The minimum absolute atomic E-state index is 0.0407. The number of hydrogen-bond acceptors (Lipinski definition) is 4. The molecule has 82 valence electrons. The minimum atomic E-state index is -3.24. The summed E-state index contributed by atoms with van der Waals surface area (Å²) in [5, 5.41) is 8.44. The van der Waals surface area contributed by atoms with Gasteiger partial charge in [-0.2, -0.15) is 5.26 Å². The highest BCUT2D eigenvalue weighted by atomic mass is 32.2. The smallest absolute Gasteiger partial charge is 0.211 e. The molecule has 1 atom stereocenters. The van der Waals surface area contributed by atoms with Crippen LogP contribution in [0.4, 0.5) is 0 Å². The highest BCUT2D eigenvalue weighted by Gasteiger charge is 2.10. The lowest BCUT2D eigenvalue weighted by Crippen LogP contribution is -2.30. The predicted molar refractivity (Wildman–Crippen MR) is 53.1 cm³/mol. The first-order chi connectivity index (χ1) is 6.52. The Hall–Kier alpha value is -0.640. The molecule has 0 heterocycles. The van der Waals surface area contributed by atoms with Gasteiger partial charge in [-0.15, -0.1) is 0 Å². The Morgan fingerprint density at radius 3 is 2.71 bits per heavy atom. The monoisotopic (exact) mass is 220 g/mol. The first-order valence-corrected chi connectivity index (χ1v) is 6.03. The van der Waals surface area contributed by atoms with Gasteiger partial charge >= 0.3 is 0 Å². The fourth-order valence-corrected chi connectivity index (χ4v) is 1.91. The van der Waals surface area contributed by atoms with Gasteiger partial charge in [0, 0.05) is 20.3 Å². The molecule has 0 aliphatic rings. The van der Waals surface area contributed by atoms with Crippen LogP contribution in [0.1, 0.15) is 13.3 Å². The minimum Gasteiger partial charge on any atom is -0.385 e. The lowest BCUT2D eigenvalue weighted by Gasteiger charge is -2.06. The van der Waals surface area contributed by atoms with E-state index in [1.54, 1.807) is 6.92 Å². The van der Waals surface area contributed by atoms with Crippen molar-refractivity contribution in [3.05, 3.63) is 0 Å². The van der Waals surface area contributed by atoms with Gasteiger partial charge < -0.3 is 4.74 Å². The lowest BCUT2D eigenvalue weighted by molar-refractivity contribution is 0.199. The summed E-state index contributed by atoms with van der Waals surface area (Å²) < 4.78 is 29.6. The van der Waals surface area contributed by atoms with Gasteiger partial charge in [-0.05, 0) is 13.3 Å². The average Bonchev–Trinajstić information content (AvgIpc) is 2.14. The van der Waals surface area contributed by atoms with E-state index in [0.717, 1.165) is 0 Å². The van der Waals surface area contributed by atoms with Crippen LogP contribution in [0.25, 0.3) is 0 Å². The summed E-state index contributed by atoms with van der Waals surface area (Å²) in [6.45, 7) is 2.26. The SMILES string of the molecule is COCCCS(=O)(=O)NCC(C)C#N. The van der Waals surface area contributed by atoms with E-state index in [1.165, 1.54) is 7.11 Å². The summed E-state index contributed by atoms with van der Waals surface area (Å²) in [6, 6.07) is 1.95. The van der Waals surface area contributed by atoms with Gasteiger partial charge in [-0.3, -0.25) is 0 Å². The zero-order valence-electron chi connectivity index (χ0n) is 8.49. The molecular formula is C8H16N2O3S. The molecule has 0 aromatic heterocycles. The molecule has 0 aromatic carbocycles. The Labute approximate surface area is 85.1 Å². The summed E-state index contributed by atoms with van der Waals surface area (Å²) in [6.07, 6.45) is 0.465. The van der Waals surface area contributed by atoms with Crippen molar-refractivity contribution in [3.8, 4) is 6.07 Å². The maximum Gasteiger partial charge on any atom is 0.211 e. The zero-order chi connectivity index (χ0) is 11.0. The van der Waals surface area contributed by atoms with Gasteiger partial charge in [-0.25, -0.2) is 13.1 Å². The molecule has 6 heteroatoms. The Morgan fingerprint density at radius 1 is 1.57 bits per heavy atom. The van der Waals surface area contributed by atoms with Gasteiger partial charge in [0.05, 0.1) is 17.7 Å². The van der Waals surface area contributed by atoms with E-state index < -0.39 is 10.0 Å². The second-order valence-electron chi connectivity index (χ2n) is 3.04. The van der Waals surface area contributed by atoms with Crippen molar-refractivity contribution in [1.82, 2.24) is 4.72 Å². The summed E-state index contributed by atoms with van der Waals surface area (Å²) in [4.78, 5) is 0. The summed E-state index contributed by atoms with van der Waals surface area (Å²) >= 11 is 0. The Kier molecular flexibility index (Phi) is 6.45. The summed E-state index contributed by atoms with van der Waals surface area (Å²) in [7, 11) is -1.71. The van der Waals surface area contributed by atoms with E-state index in [1.807, 2.05) is 6.07 Å². The third kappa shape index (κ3) is 6.83. The molecule has 0 bridgehead atoms. The van der Waals surface area contributed by atoms with Crippen LogP contribution < -0.4 is 4.72 Å². The third-order valence-corrected chi connectivity index (χ3v) is 3.02. The molecule has 1 unspecified atom stereocenters. The third-order valence-electron chi connectivity index (χ3n) is 1.59. The Bertz CT molecular complexity index is 281. The van der Waals surface area contributed by atoms with Gasteiger partial charge in [-0.1, -0.05) is 0 Å². The molecule has 0 aromatic rings. The van der Waals surface area contributed by atoms with E-state index in [2.05, 4.69) is 4.72 Å². The fraction of sp³-hybridized carbons (Fsp3) is 0.875. The van der Waals surface area contributed by atoms with E-state index in [0.29, 0.717) is 13.0 Å². The molecule has 0 saturated carbocycles. The molecular weight excluding hydrogens is 204 g/mol. The van der Waals surface area contributed by atoms with Crippen molar-refractivity contribution in [2.75, 3.05) is 26.0 Å². The second kappa shape index (κ2) is 6.76. The standard InChI is InChI=1S/C8H16N2O3S/c1-8(6-9)7-10-14(11,12)5-3-4-13-2/h8,10H,3-5,7H2,1-2H3. The number of rotatable bonds is 7. The van der Waals surface area contributed by atoms with E-state index in [9.17, 15) is 8.42 Å². The maximum atomic E-state index is 11.2. The number of sulfonamides is 1. The van der Waals surface area contributed by atoms with E-state index in [4.69, 9.17) is 10.00 Å². The number of nitrogens with zero attached hydrogens (tertiary/aromatic N) is 1. The quantitative estimate of drug-likeness (QED) is 0.617. The van der Waals surface area contributed by atoms with E-state index in [-0.39, 0.29) is 18.2 Å². The molecule has 0 radical (unpaired) electrons. The normalized spacial score (nSPS) is 13.5. The number of methoxy groups -OCH3 is 1. The lowest BCUT2D eigenvalue weighted by atomic mass is 10.2. The zero-order valence-corrected chi connectivity index (χ0v) is 9.30. The summed E-state index contributed by atoms with van der Waals surface area (Å²) in [5.41, 5.74) is 0. The summed E-state index contributed by atoms with van der Waals surface area (Å²) in [5.74, 6) is -0.258. The number of nitriles is 1. The molecule has 0 amide bonds. The molecule has 0 rings (SSSR count). The van der Waals surface area contributed by atoms with Gasteiger partial charge in [0.2, 0.25) is 10.0 Å². The molecule has 0 aliphatic heterocycles. The molecule has 0 spiro atoms. The van der Waals surface area contributed by atoms with Gasteiger partial charge in [0.1, 0.15) is 0 Å². The van der Waals surface area contributed by atoms with Crippen molar-refractivity contribution in [2.45, 2.75) is 13.3 Å². The van der Waals surface area contributed by atoms with Crippen molar-refractivity contribution < 1.29 is 13.2 Å². The van der Waals surface area contributed by atoms with Gasteiger partial charge in [0.25, 0.3) is 0 Å². The van der Waals surface area contributed by atoms with Crippen LogP contribution in [0, 0.1) is 17.2 Å². The number of hydrogen-bond donors (Lipinski definition) is 1. The van der Waals surface area contributed by atoms with Crippen LogP contribution in [0.15, 0.2) is 0 Å². The molecule has 0 aliphatic carbocycles. The predicted octanol–water partition coefficient (Wildman–Crippen LogP) is 0.102. The Morgan fingerprint density at radius 2 is 2.21 bits per heavy atom. The molecule has 1 N–H and O–H groups in total. The average molecular weight is 220 g/mol. The Balaban J connectivity index is 3.80. The highest BCUT2D eigenvalue weighted by molar-refractivity contribution is 7.89. The molecule has 0 saturated heterocycles. The van der Waals surface area contributed by atoms with Crippen LogP contribution in [0.5, 0.6) is 0 Å². The van der Waals surface area contributed by atoms with Crippen LogP contribution in [0.2, 0.25) is 0 Å². The fourth-order valence-electron chi connectivity index (χ4n) is 0.763. The molecule has 0 fully saturated rings.